The van der Waals surface area contributed by atoms with Crippen molar-refractivity contribution in [3.05, 3.63) is 79.9 Å². The SMILES string of the molecule is NC(=O)/C(=C/c1cccc([N+](=O)[O-])c1)c1ccc([N+](=O)[O-])cc1. The van der Waals surface area contributed by atoms with E-state index >= 15 is 0 Å². The van der Waals surface area contributed by atoms with Gasteiger partial charge in [-0.15, -0.1) is 0 Å². The molecule has 0 radical (unpaired) electrons. The van der Waals surface area contributed by atoms with Crippen molar-refractivity contribution in [3.8, 4) is 0 Å². The zero-order valence-corrected chi connectivity index (χ0v) is 11.7. The van der Waals surface area contributed by atoms with E-state index < -0.39 is 15.8 Å². The number of hydrogen-bond acceptors (Lipinski definition) is 5. The topological polar surface area (TPSA) is 129 Å². The number of nitro benzene ring substituents is 2. The number of carbonyl (C=O) groups is 1. The van der Waals surface area contributed by atoms with Crippen molar-refractivity contribution in [1.82, 2.24) is 0 Å². The van der Waals surface area contributed by atoms with Gasteiger partial charge in [0, 0.05) is 29.8 Å². The summed E-state index contributed by atoms with van der Waals surface area (Å²) < 4.78 is 0. The Hall–Kier alpha value is -3.55. The molecule has 0 aromatic heterocycles. The van der Waals surface area contributed by atoms with Crippen molar-refractivity contribution in [2.45, 2.75) is 0 Å². The molecule has 8 heteroatoms. The summed E-state index contributed by atoms with van der Waals surface area (Å²) in [7, 11) is 0. The molecular weight excluding hydrogens is 302 g/mol. The van der Waals surface area contributed by atoms with E-state index in [2.05, 4.69) is 0 Å². The highest BCUT2D eigenvalue weighted by Gasteiger charge is 2.12. The third-order valence-corrected chi connectivity index (χ3v) is 3.05. The summed E-state index contributed by atoms with van der Waals surface area (Å²) in [6.45, 7) is 0. The molecule has 23 heavy (non-hydrogen) atoms. The van der Waals surface area contributed by atoms with Crippen LogP contribution in [0, 0.1) is 20.2 Å². The van der Waals surface area contributed by atoms with E-state index in [0.29, 0.717) is 11.1 Å². The van der Waals surface area contributed by atoms with Crippen molar-refractivity contribution in [1.29, 1.82) is 0 Å². The van der Waals surface area contributed by atoms with Crippen LogP contribution in [-0.4, -0.2) is 15.8 Å². The quantitative estimate of drug-likeness (QED) is 0.392. The highest BCUT2D eigenvalue weighted by Crippen LogP contribution is 2.22. The fraction of sp³-hybridized carbons (Fsp3) is 0. The molecule has 2 aromatic carbocycles. The number of carbonyl (C=O) groups excluding carboxylic acids is 1. The molecule has 116 valence electrons. The van der Waals surface area contributed by atoms with Crippen molar-refractivity contribution >= 4 is 28.9 Å². The minimum absolute atomic E-state index is 0.0976. The summed E-state index contributed by atoms with van der Waals surface area (Å²) in [6.07, 6.45) is 1.40. The number of nitrogens with two attached hydrogens (primary N) is 1. The fourth-order valence-electron chi connectivity index (χ4n) is 1.95. The minimum Gasteiger partial charge on any atom is -0.366 e. The van der Waals surface area contributed by atoms with Crippen LogP contribution in [0.15, 0.2) is 48.5 Å². The lowest BCUT2D eigenvalue weighted by Gasteiger charge is -2.04. The molecule has 0 aliphatic heterocycles. The Balaban J connectivity index is 2.45. The normalized spacial score (nSPS) is 11.0. The molecule has 0 fully saturated rings. The van der Waals surface area contributed by atoms with Crippen LogP contribution in [0.3, 0.4) is 0 Å². The first-order valence-corrected chi connectivity index (χ1v) is 6.39. The van der Waals surface area contributed by atoms with Crippen LogP contribution >= 0.6 is 0 Å². The smallest absolute Gasteiger partial charge is 0.270 e. The number of benzene rings is 2. The van der Waals surface area contributed by atoms with Gasteiger partial charge in [-0.25, -0.2) is 0 Å². The number of hydrogen-bond donors (Lipinski definition) is 1. The fourth-order valence-corrected chi connectivity index (χ4v) is 1.95. The maximum atomic E-state index is 11.6. The molecule has 0 atom stereocenters. The number of rotatable bonds is 5. The zero-order chi connectivity index (χ0) is 17.0. The first-order valence-electron chi connectivity index (χ1n) is 6.39. The highest BCUT2D eigenvalue weighted by atomic mass is 16.6. The van der Waals surface area contributed by atoms with Crippen LogP contribution in [0.1, 0.15) is 11.1 Å². The van der Waals surface area contributed by atoms with Crippen LogP contribution < -0.4 is 5.73 Å². The molecule has 0 heterocycles. The van der Waals surface area contributed by atoms with Crippen molar-refractivity contribution in [2.75, 3.05) is 0 Å². The van der Waals surface area contributed by atoms with Gasteiger partial charge in [-0.1, -0.05) is 12.1 Å². The Bertz CT molecular complexity index is 812. The van der Waals surface area contributed by atoms with E-state index in [1.165, 1.54) is 48.5 Å². The Morgan fingerprint density at radius 2 is 1.57 bits per heavy atom. The summed E-state index contributed by atoms with van der Waals surface area (Å²) in [6, 6.07) is 11.0. The molecule has 0 bridgehead atoms. The number of nitrogens with zero attached hydrogens (tertiary/aromatic N) is 2. The van der Waals surface area contributed by atoms with Gasteiger partial charge in [-0.05, 0) is 29.3 Å². The molecule has 0 aliphatic carbocycles. The molecule has 0 saturated heterocycles. The summed E-state index contributed by atoms with van der Waals surface area (Å²) in [5, 5.41) is 21.4. The highest BCUT2D eigenvalue weighted by molar-refractivity contribution is 6.23. The summed E-state index contributed by atoms with van der Waals surface area (Å²) in [5.41, 5.74) is 6.00. The van der Waals surface area contributed by atoms with E-state index in [-0.39, 0.29) is 16.9 Å². The van der Waals surface area contributed by atoms with Gasteiger partial charge in [-0.3, -0.25) is 25.0 Å². The standard InChI is InChI=1S/C15H11N3O5/c16-15(19)14(11-4-6-12(7-5-11)17(20)21)9-10-2-1-3-13(8-10)18(22)23/h1-9H,(H2,16,19)/b14-9+. The van der Waals surface area contributed by atoms with Crippen LogP contribution in [0.25, 0.3) is 11.6 Å². The summed E-state index contributed by atoms with van der Waals surface area (Å²) in [4.78, 5) is 31.9. The van der Waals surface area contributed by atoms with Gasteiger partial charge < -0.3 is 5.73 Å². The number of nitro groups is 2. The van der Waals surface area contributed by atoms with Gasteiger partial charge in [0.15, 0.2) is 0 Å². The minimum atomic E-state index is -0.745. The average molecular weight is 313 g/mol. The lowest BCUT2D eigenvalue weighted by atomic mass is 10.0. The molecule has 0 saturated carbocycles. The summed E-state index contributed by atoms with van der Waals surface area (Å²) in [5.74, 6) is -0.745. The predicted molar refractivity (Wildman–Crippen MR) is 83.3 cm³/mol. The Morgan fingerprint density at radius 1 is 0.957 bits per heavy atom. The lowest BCUT2D eigenvalue weighted by molar-refractivity contribution is -0.385. The van der Waals surface area contributed by atoms with E-state index in [9.17, 15) is 25.0 Å². The molecule has 0 spiro atoms. The maximum Gasteiger partial charge on any atom is 0.270 e. The Kier molecular flexibility index (Phi) is 4.46. The molecule has 2 N–H and O–H groups in total. The van der Waals surface area contributed by atoms with Gasteiger partial charge >= 0.3 is 0 Å². The lowest BCUT2D eigenvalue weighted by Crippen LogP contribution is -2.12. The van der Waals surface area contributed by atoms with Crippen LogP contribution in [-0.2, 0) is 4.79 Å². The monoisotopic (exact) mass is 313 g/mol. The van der Waals surface area contributed by atoms with Gasteiger partial charge in [0.25, 0.3) is 11.4 Å². The van der Waals surface area contributed by atoms with Gasteiger partial charge in [0.1, 0.15) is 0 Å². The largest absolute Gasteiger partial charge is 0.366 e. The Labute approximate surface area is 130 Å². The molecule has 0 unspecified atom stereocenters. The van der Waals surface area contributed by atoms with Crippen LogP contribution in [0.4, 0.5) is 11.4 Å². The van der Waals surface area contributed by atoms with Crippen LogP contribution in [0.2, 0.25) is 0 Å². The van der Waals surface area contributed by atoms with Gasteiger partial charge in [0.05, 0.1) is 9.85 Å². The van der Waals surface area contributed by atoms with E-state index in [4.69, 9.17) is 5.73 Å². The van der Waals surface area contributed by atoms with E-state index in [0.717, 1.165) is 0 Å². The molecule has 0 aliphatic rings. The second-order valence-electron chi connectivity index (χ2n) is 4.58. The van der Waals surface area contributed by atoms with Crippen molar-refractivity contribution < 1.29 is 14.6 Å². The average Bonchev–Trinajstić information content (AvgIpc) is 2.52. The third kappa shape index (κ3) is 3.76. The van der Waals surface area contributed by atoms with E-state index in [1.807, 2.05) is 0 Å². The molecule has 2 rings (SSSR count). The van der Waals surface area contributed by atoms with Crippen molar-refractivity contribution in [3.63, 3.8) is 0 Å². The second kappa shape index (κ2) is 6.48. The Morgan fingerprint density at radius 3 is 2.09 bits per heavy atom. The van der Waals surface area contributed by atoms with Gasteiger partial charge in [0.2, 0.25) is 5.91 Å². The summed E-state index contributed by atoms with van der Waals surface area (Å²) >= 11 is 0. The van der Waals surface area contributed by atoms with Crippen molar-refractivity contribution in [2.24, 2.45) is 5.73 Å². The van der Waals surface area contributed by atoms with E-state index in [1.54, 1.807) is 6.07 Å². The first-order chi connectivity index (χ1) is 10.9. The second-order valence-corrected chi connectivity index (χ2v) is 4.58. The molecule has 2 aromatic rings. The first kappa shape index (κ1) is 15.8. The maximum absolute atomic E-state index is 11.6. The molecular formula is C15H11N3O5. The van der Waals surface area contributed by atoms with Gasteiger partial charge in [-0.2, -0.15) is 0 Å². The molecule has 1 amide bonds. The number of primary amides is 1. The number of non-ortho nitro benzene ring substituents is 2. The third-order valence-electron chi connectivity index (χ3n) is 3.05. The predicted octanol–water partition coefficient (Wildman–Crippen LogP) is 2.53. The van der Waals surface area contributed by atoms with Crippen LogP contribution in [0.5, 0.6) is 0 Å². The number of amides is 1. The zero-order valence-electron chi connectivity index (χ0n) is 11.7. The molecule has 8 nitrogen and oxygen atoms in total.